The number of carbonyl (C=O) groups is 1. The number of halogens is 3. The number of nitrogens with zero attached hydrogens (tertiary/aromatic N) is 2. The fourth-order valence-electron chi connectivity index (χ4n) is 2.07. The van der Waals surface area contributed by atoms with Crippen LogP contribution in [0.3, 0.4) is 0 Å². The van der Waals surface area contributed by atoms with Crippen molar-refractivity contribution >= 4 is 23.4 Å². The predicted molar refractivity (Wildman–Crippen MR) is 87.9 cm³/mol. The highest BCUT2D eigenvalue weighted by molar-refractivity contribution is 5.85. The van der Waals surface area contributed by atoms with E-state index in [-0.39, 0.29) is 17.9 Å². The van der Waals surface area contributed by atoms with Crippen LogP contribution in [0.1, 0.15) is 11.1 Å². The Hall–Kier alpha value is -3.96. The van der Waals surface area contributed by atoms with Crippen molar-refractivity contribution in [1.82, 2.24) is 0 Å². The van der Waals surface area contributed by atoms with Gasteiger partial charge in [-0.15, -0.1) is 0 Å². The molecular formula is C16H9F3N2O7. The Labute approximate surface area is 153 Å². The molecular weight excluding hydrogens is 389 g/mol. The smallest absolute Gasteiger partial charge is 0.416 e. The molecule has 0 fully saturated rings. The maximum atomic E-state index is 12.9. The largest absolute Gasteiger partial charge is 0.478 e. The molecule has 0 saturated heterocycles. The summed E-state index contributed by atoms with van der Waals surface area (Å²) in [6.07, 6.45) is -2.96. The van der Waals surface area contributed by atoms with Crippen LogP contribution in [0.25, 0.3) is 6.08 Å². The van der Waals surface area contributed by atoms with Crippen LogP contribution >= 0.6 is 0 Å². The lowest BCUT2D eigenvalue weighted by Gasteiger charge is -2.11. The molecule has 28 heavy (non-hydrogen) atoms. The average molecular weight is 398 g/mol. The molecule has 0 amide bonds. The summed E-state index contributed by atoms with van der Waals surface area (Å²) in [6, 6.07) is 5.41. The first-order valence-corrected chi connectivity index (χ1v) is 7.22. The van der Waals surface area contributed by atoms with Gasteiger partial charge in [0, 0.05) is 18.2 Å². The Kier molecular flexibility index (Phi) is 5.62. The molecule has 0 atom stereocenters. The van der Waals surface area contributed by atoms with Crippen molar-refractivity contribution in [2.75, 3.05) is 0 Å². The number of alkyl halides is 3. The molecule has 0 saturated carbocycles. The molecule has 0 radical (unpaired) electrons. The molecule has 1 N–H and O–H groups in total. The number of aliphatic carboxylic acids is 1. The molecule has 2 aromatic carbocycles. The SMILES string of the molecule is O=C(O)/C=C/c1ccc(Oc2c([N+](=O)[O-])cc(C(F)(F)F)cc2[N+](=O)[O-])cc1. The summed E-state index contributed by atoms with van der Waals surface area (Å²) in [4.78, 5) is 30.3. The van der Waals surface area contributed by atoms with E-state index in [9.17, 15) is 38.2 Å². The number of nitro benzene ring substituents is 2. The minimum absolute atomic E-state index is 0.140. The number of carboxylic acid groups (broad SMARTS) is 1. The van der Waals surface area contributed by atoms with Crippen molar-refractivity contribution in [3.8, 4) is 11.5 Å². The summed E-state index contributed by atoms with van der Waals surface area (Å²) in [5.41, 5.74) is -3.61. The molecule has 2 rings (SSSR count). The molecule has 9 nitrogen and oxygen atoms in total. The molecule has 0 unspecified atom stereocenters. The van der Waals surface area contributed by atoms with E-state index in [1.54, 1.807) is 0 Å². The van der Waals surface area contributed by atoms with E-state index in [2.05, 4.69) is 0 Å². The molecule has 146 valence electrons. The maximum Gasteiger partial charge on any atom is 0.416 e. The van der Waals surface area contributed by atoms with Crippen LogP contribution in [0.4, 0.5) is 24.5 Å². The van der Waals surface area contributed by atoms with Crippen LogP contribution < -0.4 is 4.74 Å². The van der Waals surface area contributed by atoms with E-state index in [1.807, 2.05) is 0 Å². The number of hydrogen-bond acceptors (Lipinski definition) is 6. The average Bonchev–Trinajstić information content (AvgIpc) is 2.59. The minimum Gasteiger partial charge on any atom is -0.478 e. The van der Waals surface area contributed by atoms with Crippen molar-refractivity contribution in [2.24, 2.45) is 0 Å². The summed E-state index contributed by atoms with van der Waals surface area (Å²) in [5, 5.41) is 30.8. The van der Waals surface area contributed by atoms with Crippen molar-refractivity contribution in [3.05, 3.63) is 73.8 Å². The molecule has 0 aliphatic heterocycles. The quantitative estimate of drug-likeness (QED) is 0.433. The Balaban J connectivity index is 2.50. The third kappa shape index (κ3) is 4.81. The number of rotatable bonds is 6. The van der Waals surface area contributed by atoms with Crippen LogP contribution in [-0.2, 0) is 11.0 Å². The van der Waals surface area contributed by atoms with Gasteiger partial charge in [-0.2, -0.15) is 13.2 Å². The topological polar surface area (TPSA) is 133 Å². The van der Waals surface area contributed by atoms with Crippen LogP contribution in [0.2, 0.25) is 0 Å². The van der Waals surface area contributed by atoms with E-state index >= 15 is 0 Å². The fraction of sp³-hybridized carbons (Fsp3) is 0.0625. The predicted octanol–water partition coefficient (Wildman–Crippen LogP) is 4.41. The highest BCUT2D eigenvalue weighted by Gasteiger charge is 2.38. The highest BCUT2D eigenvalue weighted by Crippen LogP contribution is 2.44. The minimum atomic E-state index is -5.04. The molecule has 0 spiro atoms. The standard InChI is InChI=1S/C16H9F3N2O7/c17-16(18,19)10-7-12(20(24)25)15(13(8-10)21(26)27)28-11-4-1-9(2-5-11)3-6-14(22)23/h1-8H,(H,22,23)/b6-3+. The zero-order valence-corrected chi connectivity index (χ0v) is 13.5. The van der Waals surface area contributed by atoms with Gasteiger partial charge >= 0.3 is 23.5 Å². The molecule has 0 aromatic heterocycles. The van der Waals surface area contributed by atoms with Crippen LogP contribution in [0, 0.1) is 20.2 Å². The summed E-state index contributed by atoms with van der Waals surface area (Å²) >= 11 is 0. The first-order valence-electron chi connectivity index (χ1n) is 7.22. The van der Waals surface area contributed by atoms with Gasteiger partial charge in [-0.1, -0.05) is 12.1 Å². The second kappa shape index (κ2) is 7.73. The lowest BCUT2D eigenvalue weighted by molar-refractivity contribution is -0.396. The van der Waals surface area contributed by atoms with Gasteiger partial charge in [-0.25, -0.2) is 4.79 Å². The Morgan fingerprint density at radius 2 is 1.54 bits per heavy atom. The lowest BCUT2D eigenvalue weighted by Crippen LogP contribution is -2.08. The highest BCUT2D eigenvalue weighted by atomic mass is 19.4. The van der Waals surface area contributed by atoms with E-state index in [4.69, 9.17) is 9.84 Å². The number of ether oxygens (including phenoxy) is 1. The van der Waals surface area contributed by atoms with Crippen molar-refractivity contribution in [1.29, 1.82) is 0 Å². The molecule has 0 aliphatic carbocycles. The van der Waals surface area contributed by atoms with E-state index < -0.39 is 44.7 Å². The molecule has 0 bridgehead atoms. The van der Waals surface area contributed by atoms with Crippen LogP contribution in [0.15, 0.2) is 42.5 Å². The summed E-state index contributed by atoms with van der Waals surface area (Å²) in [6.45, 7) is 0. The van der Waals surface area contributed by atoms with Gasteiger partial charge in [0.25, 0.3) is 5.75 Å². The van der Waals surface area contributed by atoms with Gasteiger partial charge in [-0.3, -0.25) is 20.2 Å². The number of carboxylic acids is 1. The molecule has 0 aliphatic rings. The molecule has 12 heteroatoms. The lowest BCUT2D eigenvalue weighted by atomic mass is 10.1. The Morgan fingerprint density at radius 1 is 1.04 bits per heavy atom. The monoisotopic (exact) mass is 398 g/mol. The maximum absolute atomic E-state index is 12.9. The summed E-state index contributed by atoms with van der Waals surface area (Å²) < 4.78 is 43.7. The first kappa shape index (κ1) is 20.4. The van der Waals surface area contributed by atoms with Gasteiger partial charge < -0.3 is 9.84 Å². The third-order valence-corrected chi connectivity index (χ3v) is 3.29. The zero-order chi connectivity index (χ0) is 21.1. The summed E-state index contributed by atoms with van der Waals surface area (Å²) in [5.74, 6) is -2.30. The van der Waals surface area contributed by atoms with Crippen molar-refractivity contribution in [2.45, 2.75) is 6.18 Å². The third-order valence-electron chi connectivity index (χ3n) is 3.29. The van der Waals surface area contributed by atoms with Crippen molar-refractivity contribution < 1.29 is 37.7 Å². The van der Waals surface area contributed by atoms with Crippen molar-refractivity contribution in [3.63, 3.8) is 0 Å². The van der Waals surface area contributed by atoms with E-state index in [0.717, 1.165) is 6.08 Å². The van der Waals surface area contributed by atoms with Gasteiger partial charge in [0.15, 0.2) is 0 Å². The number of hydrogen-bond donors (Lipinski definition) is 1. The normalized spacial score (nSPS) is 11.4. The van der Waals surface area contributed by atoms with Gasteiger partial charge in [-0.05, 0) is 23.8 Å². The van der Waals surface area contributed by atoms with Gasteiger partial charge in [0.1, 0.15) is 5.75 Å². The van der Waals surface area contributed by atoms with E-state index in [1.165, 1.54) is 30.3 Å². The second-order valence-electron chi connectivity index (χ2n) is 5.20. The molecule has 2 aromatic rings. The van der Waals surface area contributed by atoms with E-state index in [0.29, 0.717) is 5.56 Å². The first-order chi connectivity index (χ1) is 13.0. The van der Waals surface area contributed by atoms with Crippen LogP contribution in [-0.4, -0.2) is 20.9 Å². The Bertz CT molecular complexity index is 934. The fourth-order valence-corrected chi connectivity index (χ4v) is 2.07. The number of nitro groups is 2. The summed E-state index contributed by atoms with van der Waals surface area (Å²) in [7, 11) is 0. The Morgan fingerprint density at radius 3 is 1.93 bits per heavy atom. The number of benzene rings is 2. The molecule has 0 heterocycles. The van der Waals surface area contributed by atoms with Gasteiger partial charge in [0.05, 0.1) is 15.4 Å². The second-order valence-corrected chi connectivity index (χ2v) is 5.20. The van der Waals surface area contributed by atoms with Gasteiger partial charge in [0.2, 0.25) is 0 Å². The van der Waals surface area contributed by atoms with Crippen LogP contribution in [0.5, 0.6) is 11.5 Å². The zero-order valence-electron chi connectivity index (χ0n) is 13.5.